The van der Waals surface area contributed by atoms with Gasteiger partial charge in [-0.1, -0.05) is 0 Å². The molecule has 3 N–H and O–H groups in total. The lowest BCUT2D eigenvalue weighted by Gasteiger charge is -2.34. The zero-order chi connectivity index (χ0) is 15.2. The van der Waals surface area contributed by atoms with Crippen molar-refractivity contribution in [3.63, 3.8) is 0 Å². The maximum absolute atomic E-state index is 12.1. The molecule has 0 aromatic heterocycles. The molecule has 0 aliphatic carbocycles. The summed E-state index contributed by atoms with van der Waals surface area (Å²) in [5.74, 6) is -1.52. The molecule has 21 heavy (non-hydrogen) atoms. The Kier molecular flexibility index (Phi) is 5.38. The van der Waals surface area contributed by atoms with Crippen molar-refractivity contribution >= 4 is 17.9 Å². The molecule has 2 atom stereocenters. The molecule has 2 fully saturated rings. The highest BCUT2D eigenvalue weighted by Crippen LogP contribution is 2.14. The van der Waals surface area contributed by atoms with Crippen molar-refractivity contribution in [2.75, 3.05) is 26.2 Å². The van der Waals surface area contributed by atoms with Crippen molar-refractivity contribution < 1.29 is 24.2 Å². The summed E-state index contributed by atoms with van der Waals surface area (Å²) in [6.45, 7) is 1.89. The first kappa shape index (κ1) is 15.6. The fourth-order valence-corrected chi connectivity index (χ4v) is 2.64. The lowest BCUT2D eigenvalue weighted by atomic mass is 10.1. The van der Waals surface area contributed by atoms with Crippen molar-refractivity contribution in [3.05, 3.63) is 0 Å². The molecule has 0 bridgehead atoms. The fraction of sp³-hybridized carbons (Fsp3) is 0.769. The van der Waals surface area contributed by atoms with Gasteiger partial charge in [-0.3, -0.25) is 9.59 Å². The normalized spacial score (nSPS) is 25.5. The van der Waals surface area contributed by atoms with Crippen LogP contribution in [0.1, 0.15) is 25.7 Å². The van der Waals surface area contributed by atoms with E-state index in [2.05, 4.69) is 10.6 Å². The van der Waals surface area contributed by atoms with E-state index < -0.39 is 23.9 Å². The average Bonchev–Trinajstić information content (AvgIpc) is 2.93. The Balaban J connectivity index is 1.82. The predicted octanol–water partition coefficient (Wildman–Crippen LogP) is -0.460. The first-order valence-corrected chi connectivity index (χ1v) is 7.23. The van der Waals surface area contributed by atoms with Crippen molar-refractivity contribution in [2.45, 2.75) is 37.8 Å². The predicted molar refractivity (Wildman–Crippen MR) is 72.7 cm³/mol. The largest absolute Gasteiger partial charge is 0.481 e. The number of hydrogen-bond acceptors (Lipinski definition) is 4. The number of carbonyl (C=O) groups excluding carboxylic acids is 2. The highest BCUT2D eigenvalue weighted by atomic mass is 16.5. The maximum atomic E-state index is 12.1. The number of rotatable bonds is 5. The number of nitrogens with one attached hydrogen (secondary N) is 2. The van der Waals surface area contributed by atoms with Gasteiger partial charge in [0, 0.05) is 26.2 Å². The number of carboxylic acids is 1. The van der Waals surface area contributed by atoms with E-state index in [1.165, 1.54) is 4.90 Å². The lowest BCUT2D eigenvalue weighted by Crippen LogP contribution is -2.60. The molecule has 0 saturated carbocycles. The van der Waals surface area contributed by atoms with E-state index in [9.17, 15) is 14.4 Å². The summed E-state index contributed by atoms with van der Waals surface area (Å²) in [6.07, 6.45) is 2.58. The quantitative estimate of drug-likeness (QED) is 0.636. The van der Waals surface area contributed by atoms with Crippen molar-refractivity contribution in [3.8, 4) is 0 Å². The third kappa shape index (κ3) is 4.32. The molecule has 2 aliphatic rings. The van der Waals surface area contributed by atoms with Crippen LogP contribution in [-0.2, 0) is 14.3 Å². The van der Waals surface area contributed by atoms with Crippen LogP contribution in [0.2, 0.25) is 0 Å². The monoisotopic (exact) mass is 299 g/mol. The highest BCUT2D eigenvalue weighted by molar-refractivity contribution is 5.91. The Morgan fingerprint density at radius 2 is 2.29 bits per heavy atom. The summed E-state index contributed by atoms with van der Waals surface area (Å²) in [4.78, 5) is 35.9. The van der Waals surface area contributed by atoms with Crippen LogP contribution in [0.4, 0.5) is 4.79 Å². The standard InChI is InChI=1S/C13H21N3O5/c17-11(18)8-10-12(19)14-5-6-16(10)13(20)15-4-3-9-2-1-7-21-9/h9-10H,1-8H2,(H,14,19)(H,15,20)(H,17,18). The first-order chi connectivity index (χ1) is 10.1. The van der Waals surface area contributed by atoms with Crippen LogP contribution in [-0.4, -0.2) is 66.3 Å². The number of piperazine rings is 1. The van der Waals surface area contributed by atoms with Crippen LogP contribution >= 0.6 is 0 Å². The third-order valence-electron chi connectivity index (χ3n) is 3.73. The Morgan fingerprint density at radius 1 is 1.48 bits per heavy atom. The summed E-state index contributed by atoms with van der Waals surface area (Å²) >= 11 is 0. The second-order valence-corrected chi connectivity index (χ2v) is 5.25. The van der Waals surface area contributed by atoms with Crippen LogP contribution in [0.25, 0.3) is 0 Å². The highest BCUT2D eigenvalue weighted by Gasteiger charge is 2.34. The summed E-state index contributed by atoms with van der Waals surface area (Å²) in [5, 5.41) is 14.2. The van der Waals surface area contributed by atoms with Gasteiger partial charge in [0.05, 0.1) is 12.5 Å². The Labute approximate surface area is 122 Å². The molecule has 118 valence electrons. The average molecular weight is 299 g/mol. The molecule has 0 aromatic carbocycles. The van der Waals surface area contributed by atoms with Crippen molar-refractivity contribution in [2.24, 2.45) is 0 Å². The molecule has 0 spiro atoms. The maximum Gasteiger partial charge on any atom is 0.318 e. The lowest BCUT2D eigenvalue weighted by molar-refractivity contribution is -0.142. The number of nitrogens with zero attached hydrogens (tertiary/aromatic N) is 1. The van der Waals surface area contributed by atoms with Crippen molar-refractivity contribution in [1.29, 1.82) is 0 Å². The summed E-state index contributed by atoms with van der Waals surface area (Å²) in [6, 6.07) is -1.34. The van der Waals surface area contributed by atoms with Crippen LogP contribution in [0.15, 0.2) is 0 Å². The van der Waals surface area contributed by atoms with Gasteiger partial charge in [-0.05, 0) is 19.3 Å². The minimum Gasteiger partial charge on any atom is -0.481 e. The fourth-order valence-electron chi connectivity index (χ4n) is 2.64. The molecule has 2 heterocycles. The Bertz CT molecular complexity index is 409. The van der Waals surface area contributed by atoms with Gasteiger partial charge in [0.1, 0.15) is 6.04 Å². The van der Waals surface area contributed by atoms with Gasteiger partial charge < -0.3 is 25.4 Å². The summed E-state index contributed by atoms with van der Waals surface area (Å²) in [7, 11) is 0. The van der Waals surface area contributed by atoms with Crippen LogP contribution in [0, 0.1) is 0 Å². The van der Waals surface area contributed by atoms with Gasteiger partial charge in [-0.25, -0.2) is 4.79 Å². The van der Waals surface area contributed by atoms with Gasteiger partial charge in [0.25, 0.3) is 0 Å². The SMILES string of the molecule is O=C(O)CC1C(=O)NCCN1C(=O)NCCC1CCCO1. The molecule has 0 aromatic rings. The second-order valence-electron chi connectivity index (χ2n) is 5.25. The van der Waals surface area contributed by atoms with Crippen LogP contribution in [0.3, 0.4) is 0 Å². The number of carboxylic acid groups (broad SMARTS) is 1. The van der Waals surface area contributed by atoms with Crippen LogP contribution in [0.5, 0.6) is 0 Å². The topological polar surface area (TPSA) is 108 Å². The minimum atomic E-state index is -1.10. The van der Waals surface area contributed by atoms with Gasteiger partial charge in [0.15, 0.2) is 0 Å². The molecule has 8 nitrogen and oxygen atoms in total. The number of ether oxygens (including phenoxy) is 1. The summed E-state index contributed by atoms with van der Waals surface area (Å²) in [5.41, 5.74) is 0. The Morgan fingerprint density at radius 3 is 2.95 bits per heavy atom. The van der Waals surface area contributed by atoms with E-state index in [1.54, 1.807) is 0 Å². The van der Waals surface area contributed by atoms with E-state index in [4.69, 9.17) is 9.84 Å². The van der Waals surface area contributed by atoms with Crippen molar-refractivity contribution in [1.82, 2.24) is 15.5 Å². The zero-order valence-electron chi connectivity index (χ0n) is 11.8. The molecule has 3 amide bonds. The first-order valence-electron chi connectivity index (χ1n) is 7.23. The molecule has 2 rings (SSSR count). The molecular formula is C13H21N3O5. The number of amides is 3. The molecule has 0 radical (unpaired) electrons. The zero-order valence-corrected chi connectivity index (χ0v) is 11.8. The number of aliphatic carboxylic acids is 1. The molecule has 2 saturated heterocycles. The van der Waals surface area contributed by atoms with Gasteiger partial charge in [-0.2, -0.15) is 0 Å². The summed E-state index contributed by atoms with van der Waals surface area (Å²) < 4.78 is 5.46. The van der Waals surface area contributed by atoms with E-state index in [-0.39, 0.29) is 12.5 Å². The van der Waals surface area contributed by atoms with Gasteiger partial charge in [0.2, 0.25) is 5.91 Å². The van der Waals surface area contributed by atoms with Gasteiger partial charge >= 0.3 is 12.0 Å². The smallest absolute Gasteiger partial charge is 0.318 e. The van der Waals surface area contributed by atoms with E-state index >= 15 is 0 Å². The van der Waals surface area contributed by atoms with E-state index in [0.717, 1.165) is 25.9 Å². The molecule has 2 unspecified atom stereocenters. The van der Waals surface area contributed by atoms with Crippen LogP contribution < -0.4 is 10.6 Å². The molecular weight excluding hydrogens is 278 g/mol. The van der Waals surface area contributed by atoms with Gasteiger partial charge in [-0.15, -0.1) is 0 Å². The second kappa shape index (κ2) is 7.26. The number of carbonyl (C=O) groups is 3. The molecule has 2 aliphatic heterocycles. The number of hydrogen-bond donors (Lipinski definition) is 3. The molecule has 8 heteroatoms. The minimum absolute atomic E-state index is 0.185. The number of urea groups is 1. The third-order valence-corrected chi connectivity index (χ3v) is 3.73. The van der Waals surface area contributed by atoms with E-state index in [0.29, 0.717) is 19.6 Å². The van der Waals surface area contributed by atoms with E-state index in [1.807, 2.05) is 0 Å². The Hall–Kier alpha value is -1.83.